The van der Waals surface area contributed by atoms with Crippen molar-refractivity contribution in [1.29, 1.82) is 0 Å². The first-order valence-electron chi connectivity index (χ1n) is 13.6. The molecule has 228 valence electrons. The fourth-order valence-corrected chi connectivity index (χ4v) is 4.46. The zero-order valence-electron chi connectivity index (χ0n) is 22.9. The molecule has 0 bridgehead atoms. The normalized spacial score (nSPS) is 14.9. The van der Waals surface area contributed by atoms with Gasteiger partial charge in [-0.15, -0.1) is 20.4 Å². The van der Waals surface area contributed by atoms with E-state index in [1.807, 2.05) is 4.90 Å². The molecular formula is C28H29ClF3N7O4. The molecule has 2 amide bonds. The maximum atomic E-state index is 13.2. The second-order valence-electron chi connectivity index (χ2n) is 9.99. The molecule has 3 aromatic rings. The Morgan fingerprint density at radius 2 is 1.58 bits per heavy atom. The average molecular weight is 620 g/mol. The molecule has 43 heavy (non-hydrogen) atoms. The Morgan fingerprint density at radius 1 is 0.907 bits per heavy atom. The van der Waals surface area contributed by atoms with E-state index in [2.05, 4.69) is 25.7 Å². The number of carbonyl (C=O) groups is 3. The van der Waals surface area contributed by atoms with Crippen molar-refractivity contribution in [2.75, 3.05) is 37.6 Å². The molecule has 1 aliphatic heterocycles. The van der Waals surface area contributed by atoms with Crippen molar-refractivity contribution in [1.82, 2.24) is 30.6 Å². The summed E-state index contributed by atoms with van der Waals surface area (Å²) >= 11 is 5.35. The number of carboxylic acids is 1. The number of alkyl halides is 3. The second kappa shape index (κ2) is 14.2. The van der Waals surface area contributed by atoms with Crippen LogP contribution in [0.5, 0.6) is 0 Å². The minimum atomic E-state index is -4.59. The SMILES string of the molecule is O=C(NCCCC1CC1)c1ccc(N2CCN(C(=O)c3ccccc3C(F)(F)F)CC2)nn1.O=C(O)c1ccc(Cl)nn1. The number of halogens is 4. The summed E-state index contributed by atoms with van der Waals surface area (Å²) in [5.41, 5.74) is -1.14. The van der Waals surface area contributed by atoms with Crippen molar-refractivity contribution in [3.05, 3.63) is 76.2 Å². The Kier molecular flexibility index (Phi) is 10.5. The zero-order valence-corrected chi connectivity index (χ0v) is 23.7. The number of aromatic carboxylic acids is 1. The van der Waals surface area contributed by atoms with Gasteiger partial charge in [0.1, 0.15) is 0 Å². The van der Waals surface area contributed by atoms with Gasteiger partial charge in [0.2, 0.25) is 0 Å². The van der Waals surface area contributed by atoms with Gasteiger partial charge in [-0.05, 0) is 55.2 Å². The molecule has 11 nitrogen and oxygen atoms in total. The molecule has 1 aromatic carbocycles. The molecule has 15 heteroatoms. The molecule has 2 aliphatic rings. The number of rotatable bonds is 8. The van der Waals surface area contributed by atoms with Gasteiger partial charge < -0.3 is 20.2 Å². The van der Waals surface area contributed by atoms with Gasteiger partial charge >= 0.3 is 12.1 Å². The fourth-order valence-electron chi connectivity index (χ4n) is 4.36. The van der Waals surface area contributed by atoms with E-state index in [9.17, 15) is 27.6 Å². The van der Waals surface area contributed by atoms with E-state index in [1.54, 1.807) is 12.1 Å². The fraction of sp³-hybridized carbons (Fsp3) is 0.393. The zero-order chi connectivity index (χ0) is 31.0. The molecule has 1 saturated carbocycles. The third-order valence-electron chi connectivity index (χ3n) is 6.86. The Hall–Kier alpha value is -4.33. The first kappa shape index (κ1) is 31.6. The number of hydrogen-bond donors (Lipinski definition) is 2. The van der Waals surface area contributed by atoms with Crippen LogP contribution in [0.15, 0.2) is 48.5 Å². The van der Waals surface area contributed by atoms with Gasteiger partial charge in [-0.2, -0.15) is 13.2 Å². The van der Waals surface area contributed by atoms with E-state index < -0.39 is 23.6 Å². The summed E-state index contributed by atoms with van der Waals surface area (Å²) in [4.78, 5) is 38.4. The monoisotopic (exact) mass is 619 g/mol. The topological polar surface area (TPSA) is 142 Å². The molecule has 1 aliphatic carbocycles. The number of aromatic nitrogens is 4. The van der Waals surface area contributed by atoms with Gasteiger partial charge in [-0.3, -0.25) is 9.59 Å². The van der Waals surface area contributed by atoms with E-state index in [1.165, 1.54) is 48.1 Å². The third-order valence-corrected chi connectivity index (χ3v) is 7.06. The van der Waals surface area contributed by atoms with Gasteiger partial charge in [0.25, 0.3) is 11.8 Å². The quantitative estimate of drug-likeness (QED) is 0.355. The minimum Gasteiger partial charge on any atom is -0.476 e. The van der Waals surface area contributed by atoms with Crippen LogP contribution in [0.25, 0.3) is 0 Å². The molecule has 3 heterocycles. The van der Waals surface area contributed by atoms with Crippen LogP contribution < -0.4 is 10.2 Å². The number of amides is 2. The summed E-state index contributed by atoms with van der Waals surface area (Å²) in [5, 5.41) is 26.1. The largest absolute Gasteiger partial charge is 0.476 e. The molecule has 2 N–H and O–H groups in total. The molecule has 2 aromatic heterocycles. The van der Waals surface area contributed by atoms with Crippen LogP contribution >= 0.6 is 11.6 Å². The van der Waals surface area contributed by atoms with Crippen LogP contribution in [-0.2, 0) is 6.18 Å². The number of nitrogens with one attached hydrogen (secondary N) is 1. The summed E-state index contributed by atoms with van der Waals surface area (Å²) in [6, 6.07) is 10.8. The van der Waals surface area contributed by atoms with Gasteiger partial charge in [-0.1, -0.05) is 36.6 Å². The molecule has 0 unspecified atom stereocenters. The Bertz CT molecular complexity index is 1410. The van der Waals surface area contributed by atoms with Crippen molar-refractivity contribution in [3.8, 4) is 0 Å². The number of piperazine rings is 1. The summed E-state index contributed by atoms with van der Waals surface area (Å²) in [7, 11) is 0. The smallest absolute Gasteiger partial charge is 0.417 e. The van der Waals surface area contributed by atoms with Crippen molar-refractivity contribution in [2.24, 2.45) is 5.92 Å². The Morgan fingerprint density at radius 3 is 2.16 bits per heavy atom. The third kappa shape index (κ3) is 9.08. The molecule has 0 radical (unpaired) electrons. The van der Waals surface area contributed by atoms with Crippen LogP contribution in [-0.4, -0.2) is 80.9 Å². The highest BCUT2D eigenvalue weighted by molar-refractivity contribution is 6.29. The number of anilines is 1. The lowest BCUT2D eigenvalue weighted by Gasteiger charge is -2.35. The Balaban J connectivity index is 0.000000359. The highest BCUT2D eigenvalue weighted by Gasteiger charge is 2.36. The predicted octanol–water partition coefficient (Wildman–Crippen LogP) is 4.21. The van der Waals surface area contributed by atoms with Crippen LogP contribution in [0.4, 0.5) is 19.0 Å². The van der Waals surface area contributed by atoms with E-state index in [0.717, 1.165) is 24.8 Å². The number of carbonyl (C=O) groups excluding carboxylic acids is 2. The first-order chi connectivity index (χ1) is 20.5. The van der Waals surface area contributed by atoms with Crippen molar-refractivity contribution >= 4 is 35.2 Å². The lowest BCUT2D eigenvalue weighted by atomic mass is 10.1. The average Bonchev–Trinajstić information content (AvgIpc) is 3.84. The van der Waals surface area contributed by atoms with Gasteiger partial charge in [0.05, 0.1) is 11.1 Å². The maximum absolute atomic E-state index is 13.2. The lowest BCUT2D eigenvalue weighted by Crippen LogP contribution is -2.49. The highest BCUT2D eigenvalue weighted by atomic mass is 35.5. The number of carboxylic acid groups (broad SMARTS) is 1. The Labute approximate surface area is 250 Å². The predicted molar refractivity (Wildman–Crippen MR) is 150 cm³/mol. The van der Waals surface area contributed by atoms with Crippen LogP contribution in [0, 0.1) is 5.92 Å². The lowest BCUT2D eigenvalue weighted by molar-refractivity contribution is -0.138. The summed E-state index contributed by atoms with van der Waals surface area (Å²) < 4.78 is 39.7. The first-order valence-corrected chi connectivity index (χ1v) is 14.0. The molecule has 5 rings (SSSR count). The molecular weight excluding hydrogens is 591 g/mol. The van der Waals surface area contributed by atoms with E-state index in [0.29, 0.717) is 25.5 Å². The van der Waals surface area contributed by atoms with Crippen LogP contribution in [0.3, 0.4) is 0 Å². The van der Waals surface area contributed by atoms with E-state index in [-0.39, 0.29) is 41.1 Å². The van der Waals surface area contributed by atoms with Gasteiger partial charge in [0, 0.05) is 32.7 Å². The highest BCUT2D eigenvalue weighted by Crippen LogP contribution is 2.33. The summed E-state index contributed by atoms with van der Waals surface area (Å²) in [6.07, 6.45) is 0.1000. The molecule has 0 spiro atoms. The second-order valence-corrected chi connectivity index (χ2v) is 10.4. The van der Waals surface area contributed by atoms with Gasteiger partial charge in [-0.25, -0.2) is 4.79 Å². The number of hydrogen-bond acceptors (Lipinski definition) is 8. The van der Waals surface area contributed by atoms with Crippen molar-refractivity contribution < 1.29 is 32.7 Å². The van der Waals surface area contributed by atoms with Gasteiger partial charge in [0.15, 0.2) is 22.4 Å². The summed E-state index contributed by atoms with van der Waals surface area (Å²) in [6.45, 7) is 1.95. The van der Waals surface area contributed by atoms with Crippen LogP contribution in [0.1, 0.15) is 62.6 Å². The van der Waals surface area contributed by atoms with E-state index >= 15 is 0 Å². The minimum absolute atomic E-state index is 0.107. The van der Waals surface area contributed by atoms with Crippen molar-refractivity contribution in [2.45, 2.75) is 31.9 Å². The summed E-state index contributed by atoms with van der Waals surface area (Å²) in [5.74, 6) is -0.616. The number of benzene rings is 1. The van der Waals surface area contributed by atoms with E-state index in [4.69, 9.17) is 16.7 Å². The molecule has 2 fully saturated rings. The maximum Gasteiger partial charge on any atom is 0.417 e. The molecule has 0 atom stereocenters. The van der Waals surface area contributed by atoms with Crippen LogP contribution in [0.2, 0.25) is 5.15 Å². The van der Waals surface area contributed by atoms with Crippen molar-refractivity contribution in [3.63, 3.8) is 0 Å². The molecule has 1 saturated heterocycles. The standard InChI is InChI=1S/C23H26F3N5O2.C5H3ClN2O2/c24-23(25,26)18-6-2-1-5-17(18)22(33)31-14-12-30(13-15-31)20-10-9-19(28-29-20)21(32)27-11-3-4-16-7-8-16;6-4-2-1-3(5(9)10)7-8-4/h1-2,5-6,9-10,16H,3-4,7-8,11-15H2,(H,27,32);1-2H,(H,9,10). The number of nitrogens with zero attached hydrogens (tertiary/aromatic N) is 6.